The zero-order valence-electron chi connectivity index (χ0n) is 18.0. The number of nitrogens with one attached hydrogen (secondary N) is 1. The molecule has 170 valence electrons. The molecule has 0 aliphatic carbocycles. The largest absolute Gasteiger partial charge is 0.418 e. The molecule has 33 heavy (non-hydrogen) atoms. The van der Waals surface area contributed by atoms with Gasteiger partial charge < -0.3 is 5.32 Å². The maximum atomic E-state index is 13.3. The van der Waals surface area contributed by atoms with Gasteiger partial charge in [-0.05, 0) is 45.0 Å². The zero-order chi connectivity index (χ0) is 23.9. The van der Waals surface area contributed by atoms with Crippen LogP contribution in [0.2, 0.25) is 0 Å². The van der Waals surface area contributed by atoms with Crippen molar-refractivity contribution in [1.82, 2.24) is 19.6 Å². The number of aryl methyl sites for hydroxylation is 2. The van der Waals surface area contributed by atoms with Crippen molar-refractivity contribution in [3.05, 3.63) is 81.9 Å². The molecule has 0 radical (unpaired) electrons. The molecule has 1 amide bonds. The van der Waals surface area contributed by atoms with E-state index in [-0.39, 0.29) is 5.52 Å². The van der Waals surface area contributed by atoms with E-state index in [9.17, 15) is 22.8 Å². The lowest BCUT2D eigenvalue weighted by Crippen LogP contribution is -2.34. The van der Waals surface area contributed by atoms with Crippen LogP contribution in [0, 0.1) is 13.8 Å². The average molecular weight is 455 g/mol. The van der Waals surface area contributed by atoms with E-state index in [1.807, 2.05) is 37.3 Å². The number of nitrogens with zero attached hydrogens (tertiary/aromatic N) is 4. The van der Waals surface area contributed by atoms with Crippen molar-refractivity contribution in [2.75, 3.05) is 5.32 Å². The summed E-state index contributed by atoms with van der Waals surface area (Å²) in [5.41, 5.74) is 0.0818. The Hall–Kier alpha value is -3.95. The first-order valence-electron chi connectivity index (χ1n) is 10.1. The van der Waals surface area contributed by atoms with E-state index in [4.69, 9.17) is 0 Å². The highest BCUT2D eigenvalue weighted by atomic mass is 19.4. The molecule has 10 heteroatoms. The highest BCUT2D eigenvalue weighted by Crippen LogP contribution is 2.34. The van der Waals surface area contributed by atoms with Crippen LogP contribution in [0.25, 0.3) is 16.6 Å². The van der Waals surface area contributed by atoms with Crippen molar-refractivity contribution in [2.24, 2.45) is 0 Å². The molecule has 1 atom stereocenters. The minimum Gasteiger partial charge on any atom is -0.324 e. The molecule has 2 aromatic carbocycles. The van der Waals surface area contributed by atoms with Crippen molar-refractivity contribution in [2.45, 2.75) is 33.0 Å². The number of hydrogen-bond acceptors (Lipinski definition) is 4. The first-order valence-corrected chi connectivity index (χ1v) is 10.1. The quantitative estimate of drug-likeness (QED) is 0.494. The number of anilines is 1. The molecule has 4 rings (SSSR count). The molecule has 0 saturated heterocycles. The minimum absolute atomic E-state index is 0.124. The molecular formula is C23H20F3N5O2. The summed E-state index contributed by atoms with van der Waals surface area (Å²) in [6.45, 7) is 4.89. The van der Waals surface area contributed by atoms with Gasteiger partial charge >= 0.3 is 6.18 Å². The van der Waals surface area contributed by atoms with Gasteiger partial charge in [-0.2, -0.15) is 23.4 Å². The fourth-order valence-corrected chi connectivity index (χ4v) is 3.72. The normalized spacial score (nSPS) is 12.7. The van der Waals surface area contributed by atoms with E-state index >= 15 is 0 Å². The molecule has 2 aromatic heterocycles. The van der Waals surface area contributed by atoms with Gasteiger partial charge in [-0.1, -0.05) is 30.3 Å². The Morgan fingerprint density at radius 2 is 1.64 bits per heavy atom. The summed E-state index contributed by atoms with van der Waals surface area (Å²) in [5, 5.41) is 11.5. The lowest BCUT2D eigenvalue weighted by Gasteiger charge is -2.17. The topological polar surface area (TPSA) is 81.8 Å². The predicted octanol–water partition coefficient (Wildman–Crippen LogP) is 4.42. The van der Waals surface area contributed by atoms with Gasteiger partial charge in [-0.15, -0.1) is 0 Å². The van der Waals surface area contributed by atoms with E-state index in [2.05, 4.69) is 15.5 Å². The van der Waals surface area contributed by atoms with E-state index in [0.717, 1.165) is 22.5 Å². The Bertz CT molecular complexity index is 1410. The summed E-state index contributed by atoms with van der Waals surface area (Å²) < 4.78 is 42.4. The highest BCUT2D eigenvalue weighted by Gasteiger charge is 2.34. The SMILES string of the molecule is Cc1nn([C@@H](C)C(=O)Nc2ccccc2C(F)(F)F)c(=O)c2nn(-c3ccccc3)c(C)c12. The monoisotopic (exact) mass is 455 g/mol. The maximum Gasteiger partial charge on any atom is 0.418 e. The molecule has 0 saturated carbocycles. The molecule has 0 aliphatic rings. The van der Waals surface area contributed by atoms with Crippen molar-refractivity contribution in [3.8, 4) is 5.69 Å². The molecule has 0 fully saturated rings. The fraction of sp³-hybridized carbons (Fsp3) is 0.217. The predicted molar refractivity (Wildman–Crippen MR) is 117 cm³/mol. The number of amides is 1. The number of rotatable bonds is 4. The molecule has 2 heterocycles. The number of carbonyl (C=O) groups is 1. The molecule has 0 aliphatic heterocycles. The number of para-hydroxylation sites is 2. The van der Waals surface area contributed by atoms with Crippen LogP contribution in [0.5, 0.6) is 0 Å². The number of benzene rings is 2. The average Bonchev–Trinajstić information content (AvgIpc) is 3.14. The first-order chi connectivity index (χ1) is 15.6. The van der Waals surface area contributed by atoms with Crippen LogP contribution in [0.4, 0.5) is 18.9 Å². The van der Waals surface area contributed by atoms with Gasteiger partial charge in [0.15, 0.2) is 5.52 Å². The van der Waals surface area contributed by atoms with E-state index < -0.39 is 34.9 Å². The second kappa shape index (κ2) is 8.19. The Balaban J connectivity index is 1.74. The van der Waals surface area contributed by atoms with Gasteiger partial charge in [0.1, 0.15) is 6.04 Å². The Labute approximate surface area is 186 Å². The molecule has 0 spiro atoms. The van der Waals surface area contributed by atoms with Crippen LogP contribution in [-0.2, 0) is 11.0 Å². The van der Waals surface area contributed by atoms with Crippen LogP contribution in [0.3, 0.4) is 0 Å². The third kappa shape index (κ3) is 3.99. The van der Waals surface area contributed by atoms with E-state index in [1.165, 1.54) is 19.1 Å². The van der Waals surface area contributed by atoms with Crippen LogP contribution in [0.1, 0.15) is 29.9 Å². The van der Waals surface area contributed by atoms with Crippen molar-refractivity contribution >= 4 is 22.5 Å². The Morgan fingerprint density at radius 1 is 1.00 bits per heavy atom. The second-order valence-corrected chi connectivity index (χ2v) is 7.60. The Morgan fingerprint density at radius 3 is 2.30 bits per heavy atom. The Kier molecular flexibility index (Phi) is 5.52. The summed E-state index contributed by atoms with van der Waals surface area (Å²) in [6, 6.07) is 12.7. The number of aromatic nitrogens is 4. The number of halogens is 3. The van der Waals surface area contributed by atoms with E-state index in [0.29, 0.717) is 16.8 Å². The molecule has 4 aromatic rings. The molecule has 0 bridgehead atoms. The lowest BCUT2D eigenvalue weighted by atomic mass is 10.1. The number of carbonyl (C=O) groups excluding carboxylic acids is 1. The van der Waals surface area contributed by atoms with Crippen LogP contribution < -0.4 is 10.9 Å². The minimum atomic E-state index is -4.64. The smallest absolute Gasteiger partial charge is 0.324 e. The van der Waals surface area contributed by atoms with Gasteiger partial charge in [0, 0.05) is 0 Å². The number of fused-ring (bicyclic) bond motifs is 1. The highest BCUT2D eigenvalue weighted by molar-refractivity contribution is 5.94. The zero-order valence-corrected chi connectivity index (χ0v) is 18.0. The van der Waals surface area contributed by atoms with Gasteiger partial charge in [0.05, 0.1) is 33.7 Å². The summed E-state index contributed by atoms with van der Waals surface area (Å²) in [6.07, 6.45) is -4.64. The van der Waals surface area contributed by atoms with Crippen molar-refractivity contribution < 1.29 is 18.0 Å². The lowest BCUT2D eigenvalue weighted by molar-refractivity contribution is -0.137. The van der Waals surface area contributed by atoms with Crippen LogP contribution in [-0.4, -0.2) is 25.5 Å². The van der Waals surface area contributed by atoms with Crippen LogP contribution >= 0.6 is 0 Å². The third-order valence-corrected chi connectivity index (χ3v) is 5.38. The molecule has 7 nitrogen and oxygen atoms in total. The third-order valence-electron chi connectivity index (χ3n) is 5.38. The van der Waals surface area contributed by atoms with Crippen LogP contribution in [0.15, 0.2) is 59.4 Å². The van der Waals surface area contributed by atoms with Gasteiger partial charge in [0.25, 0.3) is 5.56 Å². The number of alkyl halides is 3. The van der Waals surface area contributed by atoms with Crippen molar-refractivity contribution in [1.29, 1.82) is 0 Å². The molecule has 1 N–H and O–H groups in total. The molecule has 0 unspecified atom stereocenters. The van der Waals surface area contributed by atoms with Gasteiger partial charge in [-0.3, -0.25) is 9.59 Å². The standard InChI is InChI=1S/C23H20F3N5O2/c1-13-19-14(2)30(16-9-5-4-6-10-16)29-20(19)22(33)31(28-13)15(3)21(32)27-18-12-8-7-11-17(18)23(24,25)26/h4-12,15H,1-3H3,(H,27,32)/t15-/m0/s1. The summed E-state index contributed by atoms with van der Waals surface area (Å²) >= 11 is 0. The fourth-order valence-electron chi connectivity index (χ4n) is 3.72. The van der Waals surface area contributed by atoms with E-state index in [1.54, 1.807) is 11.6 Å². The first kappa shape index (κ1) is 22.3. The summed E-state index contributed by atoms with van der Waals surface area (Å²) in [4.78, 5) is 25.9. The summed E-state index contributed by atoms with van der Waals surface area (Å²) in [5.74, 6) is -0.806. The number of hydrogen-bond donors (Lipinski definition) is 1. The van der Waals surface area contributed by atoms with Gasteiger partial charge in [-0.25, -0.2) is 9.36 Å². The van der Waals surface area contributed by atoms with Crippen molar-refractivity contribution in [3.63, 3.8) is 0 Å². The second-order valence-electron chi connectivity index (χ2n) is 7.60. The molecular weight excluding hydrogens is 435 g/mol. The summed E-state index contributed by atoms with van der Waals surface area (Å²) in [7, 11) is 0. The van der Waals surface area contributed by atoms with Gasteiger partial charge in [0.2, 0.25) is 5.91 Å². The maximum absolute atomic E-state index is 13.3.